The summed E-state index contributed by atoms with van der Waals surface area (Å²) in [4.78, 5) is 12.3. The molecule has 1 heterocycles. The molecule has 1 aromatic heterocycles. The van der Waals surface area contributed by atoms with Crippen molar-refractivity contribution in [2.24, 2.45) is 0 Å². The zero-order valence-electron chi connectivity index (χ0n) is 12.5. The average molecular weight is 313 g/mol. The Balaban J connectivity index is 1.71. The van der Waals surface area contributed by atoms with E-state index < -0.39 is 6.10 Å². The number of halogens is 1. The van der Waals surface area contributed by atoms with Crippen LogP contribution in [0.1, 0.15) is 27.7 Å². The van der Waals surface area contributed by atoms with Crippen molar-refractivity contribution in [3.05, 3.63) is 65.1 Å². The van der Waals surface area contributed by atoms with Gasteiger partial charge in [-0.15, -0.1) is 0 Å². The number of carbonyl (C=O) groups is 1. The zero-order valence-corrected chi connectivity index (χ0v) is 12.5. The van der Waals surface area contributed by atoms with E-state index in [0.717, 1.165) is 16.5 Å². The third kappa shape index (κ3) is 3.22. The number of rotatable bonds is 4. The first kappa shape index (κ1) is 15.2. The zero-order chi connectivity index (χ0) is 16.4. The smallest absolute Gasteiger partial charge is 0.272 e. The lowest BCUT2D eigenvalue weighted by atomic mass is 10.1. The Morgan fingerprint density at radius 2 is 2.04 bits per heavy atom. The average Bonchev–Trinajstić information content (AvgIpc) is 2.96. The lowest BCUT2D eigenvalue weighted by Gasteiger charge is -2.11. The fourth-order valence-electron chi connectivity index (χ4n) is 2.38. The molecule has 2 aromatic carbocycles. The van der Waals surface area contributed by atoms with E-state index in [1.165, 1.54) is 24.3 Å². The standard InChI is InChI=1S/C17H16FN3O2/c1-10-2-7-14-13(8-10)16(21-20-14)17(23)19-9-15(22)11-3-5-12(18)6-4-11/h2-8,15,22H,9H2,1H3,(H,19,23)(H,20,21). The predicted octanol–water partition coefficient (Wildman–Crippen LogP) is 2.47. The molecule has 118 valence electrons. The van der Waals surface area contributed by atoms with Crippen molar-refractivity contribution in [1.29, 1.82) is 0 Å². The number of aliphatic hydroxyl groups is 1. The molecule has 1 atom stereocenters. The van der Waals surface area contributed by atoms with Gasteiger partial charge in [0.15, 0.2) is 5.69 Å². The molecule has 3 aromatic rings. The molecule has 0 aliphatic carbocycles. The number of aromatic amines is 1. The number of H-pyrrole nitrogens is 1. The van der Waals surface area contributed by atoms with E-state index in [9.17, 15) is 14.3 Å². The Labute approximate surface area is 132 Å². The van der Waals surface area contributed by atoms with Crippen molar-refractivity contribution >= 4 is 16.8 Å². The van der Waals surface area contributed by atoms with Crippen LogP contribution >= 0.6 is 0 Å². The number of hydrogen-bond acceptors (Lipinski definition) is 3. The minimum absolute atomic E-state index is 0.0185. The Morgan fingerprint density at radius 1 is 1.30 bits per heavy atom. The third-order valence-corrected chi connectivity index (χ3v) is 3.64. The first-order chi connectivity index (χ1) is 11.0. The highest BCUT2D eigenvalue weighted by molar-refractivity contribution is 6.04. The van der Waals surface area contributed by atoms with Crippen LogP contribution < -0.4 is 5.32 Å². The molecule has 0 saturated carbocycles. The lowest BCUT2D eigenvalue weighted by Crippen LogP contribution is -2.28. The fourth-order valence-corrected chi connectivity index (χ4v) is 2.38. The summed E-state index contributed by atoms with van der Waals surface area (Å²) >= 11 is 0. The van der Waals surface area contributed by atoms with E-state index in [0.29, 0.717) is 5.56 Å². The predicted molar refractivity (Wildman–Crippen MR) is 84.5 cm³/mol. The molecular weight excluding hydrogens is 297 g/mol. The SMILES string of the molecule is Cc1ccc2[nH]nc(C(=O)NCC(O)c3ccc(F)cc3)c2c1. The van der Waals surface area contributed by atoms with Crippen LogP contribution in [0.25, 0.3) is 10.9 Å². The van der Waals surface area contributed by atoms with Crippen LogP contribution in [0.5, 0.6) is 0 Å². The molecule has 3 rings (SSSR count). The quantitative estimate of drug-likeness (QED) is 0.692. The maximum absolute atomic E-state index is 12.9. The van der Waals surface area contributed by atoms with E-state index in [1.54, 1.807) is 0 Å². The van der Waals surface area contributed by atoms with Crippen molar-refractivity contribution in [2.75, 3.05) is 6.54 Å². The van der Waals surface area contributed by atoms with Gasteiger partial charge in [0.05, 0.1) is 11.6 Å². The summed E-state index contributed by atoms with van der Waals surface area (Å²) in [7, 11) is 0. The van der Waals surface area contributed by atoms with Crippen molar-refractivity contribution < 1.29 is 14.3 Å². The molecule has 1 amide bonds. The van der Waals surface area contributed by atoms with Gasteiger partial charge in [0, 0.05) is 11.9 Å². The molecule has 5 nitrogen and oxygen atoms in total. The second-order valence-electron chi connectivity index (χ2n) is 5.40. The number of aromatic nitrogens is 2. The summed E-state index contributed by atoms with van der Waals surface area (Å²) in [5.41, 5.74) is 2.63. The Morgan fingerprint density at radius 3 is 2.78 bits per heavy atom. The minimum atomic E-state index is -0.911. The first-order valence-corrected chi connectivity index (χ1v) is 7.21. The maximum Gasteiger partial charge on any atom is 0.272 e. The van der Waals surface area contributed by atoms with Gasteiger partial charge in [-0.25, -0.2) is 4.39 Å². The van der Waals surface area contributed by atoms with Crippen molar-refractivity contribution in [3.63, 3.8) is 0 Å². The van der Waals surface area contributed by atoms with Crippen LogP contribution in [-0.2, 0) is 0 Å². The van der Waals surface area contributed by atoms with Crippen LogP contribution in [-0.4, -0.2) is 27.8 Å². The summed E-state index contributed by atoms with van der Waals surface area (Å²) in [6, 6.07) is 11.2. The van der Waals surface area contributed by atoms with Gasteiger partial charge in [0.1, 0.15) is 5.82 Å². The van der Waals surface area contributed by atoms with E-state index in [1.807, 2.05) is 25.1 Å². The van der Waals surface area contributed by atoms with Gasteiger partial charge in [0.2, 0.25) is 0 Å². The third-order valence-electron chi connectivity index (χ3n) is 3.64. The summed E-state index contributed by atoms with van der Waals surface area (Å²) in [6.07, 6.45) is -0.911. The van der Waals surface area contributed by atoms with Crippen LogP contribution in [0.4, 0.5) is 4.39 Å². The molecule has 0 bridgehead atoms. The van der Waals surface area contributed by atoms with Gasteiger partial charge < -0.3 is 10.4 Å². The van der Waals surface area contributed by atoms with E-state index in [-0.39, 0.29) is 24.0 Å². The maximum atomic E-state index is 12.9. The van der Waals surface area contributed by atoms with Crippen LogP contribution in [0.15, 0.2) is 42.5 Å². The summed E-state index contributed by atoms with van der Waals surface area (Å²) in [5, 5.41) is 20.3. The van der Waals surface area contributed by atoms with Gasteiger partial charge in [-0.05, 0) is 36.8 Å². The number of fused-ring (bicyclic) bond motifs is 1. The topological polar surface area (TPSA) is 78.0 Å². The highest BCUT2D eigenvalue weighted by Gasteiger charge is 2.16. The second-order valence-corrected chi connectivity index (χ2v) is 5.40. The van der Waals surface area contributed by atoms with Gasteiger partial charge >= 0.3 is 0 Å². The van der Waals surface area contributed by atoms with E-state index in [2.05, 4.69) is 15.5 Å². The molecule has 6 heteroatoms. The molecule has 23 heavy (non-hydrogen) atoms. The van der Waals surface area contributed by atoms with Crippen molar-refractivity contribution in [1.82, 2.24) is 15.5 Å². The van der Waals surface area contributed by atoms with Crippen LogP contribution in [0.3, 0.4) is 0 Å². The Hall–Kier alpha value is -2.73. The Bertz CT molecular complexity index is 843. The molecule has 0 saturated heterocycles. The fraction of sp³-hybridized carbons (Fsp3) is 0.176. The number of nitrogens with zero attached hydrogens (tertiary/aromatic N) is 1. The summed E-state index contributed by atoms with van der Waals surface area (Å²) < 4.78 is 12.9. The van der Waals surface area contributed by atoms with Gasteiger partial charge in [-0.2, -0.15) is 5.10 Å². The molecule has 3 N–H and O–H groups in total. The molecule has 0 aliphatic rings. The molecular formula is C17H16FN3O2. The number of aliphatic hydroxyl groups excluding tert-OH is 1. The Kier molecular flexibility index (Phi) is 4.08. The van der Waals surface area contributed by atoms with Gasteiger partial charge in [0.25, 0.3) is 5.91 Å². The molecule has 0 aliphatic heterocycles. The van der Waals surface area contributed by atoms with E-state index in [4.69, 9.17) is 0 Å². The first-order valence-electron chi connectivity index (χ1n) is 7.21. The molecule has 0 spiro atoms. The minimum Gasteiger partial charge on any atom is -0.387 e. The number of hydrogen-bond donors (Lipinski definition) is 3. The summed E-state index contributed by atoms with van der Waals surface area (Å²) in [5.74, 6) is -0.744. The normalized spacial score (nSPS) is 12.3. The summed E-state index contributed by atoms with van der Waals surface area (Å²) in [6.45, 7) is 1.96. The number of nitrogens with one attached hydrogen (secondary N) is 2. The monoisotopic (exact) mass is 313 g/mol. The molecule has 0 fully saturated rings. The highest BCUT2D eigenvalue weighted by Crippen LogP contribution is 2.18. The van der Waals surface area contributed by atoms with Crippen LogP contribution in [0, 0.1) is 12.7 Å². The number of carbonyl (C=O) groups excluding carboxylic acids is 1. The van der Waals surface area contributed by atoms with Gasteiger partial charge in [-0.1, -0.05) is 23.8 Å². The van der Waals surface area contributed by atoms with Crippen molar-refractivity contribution in [3.8, 4) is 0 Å². The molecule has 0 radical (unpaired) electrons. The second kappa shape index (κ2) is 6.18. The largest absolute Gasteiger partial charge is 0.387 e. The molecule has 1 unspecified atom stereocenters. The van der Waals surface area contributed by atoms with E-state index >= 15 is 0 Å². The van der Waals surface area contributed by atoms with Crippen molar-refractivity contribution in [2.45, 2.75) is 13.0 Å². The van der Waals surface area contributed by atoms with Gasteiger partial charge in [-0.3, -0.25) is 9.89 Å². The number of aryl methyl sites for hydroxylation is 1. The number of amides is 1. The highest BCUT2D eigenvalue weighted by atomic mass is 19.1. The van der Waals surface area contributed by atoms with Crippen LogP contribution in [0.2, 0.25) is 0 Å². The lowest BCUT2D eigenvalue weighted by molar-refractivity contribution is 0.0913. The number of benzene rings is 2.